The third-order valence-corrected chi connectivity index (χ3v) is 6.12. The number of halogens is 2. The first-order valence-corrected chi connectivity index (χ1v) is 10.9. The van der Waals surface area contributed by atoms with Crippen LogP contribution in [0.15, 0.2) is 18.2 Å². The van der Waals surface area contributed by atoms with Crippen molar-refractivity contribution in [1.82, 2.24) is 14.6 Å². The van der Waals surface area contributed by atoms with Crippen molar-refractivity contribution in [2.45, 2.75) is 26.2 Å². The molecule has 0 amide bonds. The second kappa shape index (κ2) is 10.7. The lowest BCUT2D eigenvalue weighted by molar-refractivity contribution is 0.189. The minimum atomic E-state index is 0. The Hall–Kier alpha value is -2.06. The second-order valence-corrected chi connectivity index (χ2v) is 8.14. The summed E-state index contributed by atoms with van der Waals surface area (Å²) >= 11 is 6.64. The van der Waals surface area contributed by atoms with Crippen molar-refractivity contribution < 1.29 is 14.2 Å². The molecule has 0 unspecified atom stereocenters. The van der Waals surface area contributed by atoms with Gasteiger partial charge < -0.3 is 19.1 Å². The topological polar surface area (TPSA) is 61.1 Å². The van der Waals surface area contributed by atoms with Gasteiger partial charge in [-0.25, -0.2) is 4.98 Å². The molecule has 4 rings (SSSR count). The smallest absolute Gasteiger partial charge is 0.165 e. The molecule has 2 heterocycles. The standard InChI is InChI=1S/C23H29ClN4O3.ClH/c1-15-21(17-9-8-16(31-4)14-19(17)24)22-25-20-7-5-6-18(20)23(28(22)26-15)27(10-12-29-2)11-13-30-3;/h8-9,14H,5-7,10-13H2,1-4H3;1H. The third kappa shape index (κ3) is 4.53. The summed E-state index contributed by atoms with van der Waals surface area (Å²) < 4.78 is 18.1. The van der Waals surface area contributed by atoms with Gasteiger partial charge in [0.15, 0.2) is 5.65 Å². The van der Waals surface area contributed by atoms with Gasteiger partial charge in [-0.1, -0.05) is 11.6 Å². The number of hydrogen-bond acceptors (Lipinski definition) is 6. The normalized spacial score (nSPS) is 12.7. The third-order valence-electron chi connectivity index (χ3n) is 5.81. The predicted octanol–water partition coefficient (Wildman–Crippen LogP) is 4.38. The highest BCUT2D eigenvalue weighted by Crippen LogP contribution is 2.39. The van der Waals surface area contributed by atoms with E-state index in [1.165, 1.54) is 5.56 Å². The summed E-state index contributed by atoms with van der Waals surface area (Å²) in [7, 11) is 5.09. The minimum Gasteiger partial charge on any atom is -0.497 e. The van der Waals surface area contributed by atoms with Crippen LogP contribution in [0, 0.1) is 6.92 Å². The van der Waals surface area contributed by atoms with E-state index >= 15 is 0 Å². The van der Waals surface area contributed by atoms with Crippen molar-refractivity contribution in [3.63, 3.8) is 0 Å². The van der Waals surface area contributed by atoms with Gasteiger partial charge in [0.1, 0.15) is 11.6 Å². The molecule has 3 aromatic rings. The maximum atomic E-state index is 6.64. The first kappa shape index (κ1) is 24.6. The average Bonchev–Trinajstić information content (AvgIpc) is 3.36. The van der Waals surface area contributed by atoms with Gasteiger partial charge in [-0.05, 0) is 44.4 Å². The van der Waals surface area contributed by atoms with Gasteiger partial charge in [0.05, 0.1) is 36.6 Å². The van der Waals surface area contributed by atoms with Crippen molar-refractivity contribution in [3.8, 4) is 16.9 Å². The monoisotopic (exact) mass is 480 g/mol. The Bertz CT molecular complexity index is 1080. The molecule has 0 aliphatic heterocycles. The van der Waals surface area contributed by atoms with Crippen LogP contribution in [0.1, 0.15) is 23.4 Å². The lowest BCUT2D eigenvalue weighted by atomic mass is 10.1. The van der Waals surface area contributed by atoms with E-state index in [9.17, 15) is 0 Å². The van der Waals surface area contributed by atoms with Crippen LogP contribution in [-0.4, -0.2) is 62.2 Å². The largest absolute Gasteiger partial charge is 0.497 e. The van der Waals surface area contributed by atoms with E-state index in [4.69, 9.17) is 35.9 Å². The van der Waals surface area contributed by atoms with Crippen LogP contribution in [0.25, 0.3) is 16.8 Å². The number of nitrogens with zero attached hydrogens (tertiary/aromatic N) is 4. The quantitative estimate of drug-likeness (QED) is 0.452. The number of aryl methyl sites for hydroxylation is 2. The molecule has 1 aliphatic carbocycles. The van der Waals surface area contributed by atoms with Crippen LogP contribution in [0.3, 0.4) is 0 Å². The van der Waals surface area contributed by atoms with Crippen molar-refractivity contribution >= 4 is 35.5 Å². The fraction of sp³-hybridized carbons (Fsp3) is 0.478. The number of methoxy groups -OCH3 is 3. The Balaban J connectivity index is 0.00000289. The Labute approximate surface area is 200 Å². The van der Waals surface area contributed by atoms with Gasteiger partial charge in [0.25, 0.3) is 0 Å². The van der Waals surface area contributed by atoms with Crippen LogP contribution in [0.5, 0.6) is 5.75 Å². The molecule has 7 nitrogen and oxygen atoms in total. The Morgan fingerprint density at radius 2 is 1.81 bits per heavy atom. The summed E-state index contributed by atoms with van der Waals surface area (Å²) in [6, 6.07) is 5.73. The molecule has 32 heavy (non-hydrogen) atoms. The molecule has 1 aromatic carbocycles. The van der Waals surface area contributed by atoms with Gasteiger partial charge in [0.2, 0.25) is 0 Å². The second-order valence-electron chi connectivity index (χ2n) is 7.73. The van der Waals surface area contributed by atoms with Crippen LogP contribution < -0.4 is 9.64 Å². The number of hydrogen-bond donors (Lipinski definition) is 0. The number of rotatable bonds is 9. The molecule has 0 N–H and O–H groups in total. The number of aromatic nitrogens is 3. The molecule has 0 saturated heterocycles. The van der Waals surface area contributed by atoms with Gasteiger partial charge in [-0.15, -0.1) is 12.4 Å². The fourth-order valence-electron chi connectivity index (χ4n) is 4.31. The van der Waals surface area contributed by atoms with Gasteiger partial charge >= 0.3 is 0 Å². The summed E-state index contributed by atoms with van der Waals surface area (Å²) in [5, 5.41) is 5.55. The van der Waals surface area contributed by atoms with Crippen LogP contribution in [-0.2, 0) is 22.3 Å². The maximum absolute atomic E-state index is 6.64. The number of anilines is 1. The van der Waals surface area contributed by atoms with Crippen molar-refractivity contribution in [2.24, 2.45) is 0 Å². The molecule has 0 bridgehead atoms. The van der Waals surface area contributed by atoms with Crippen LogP contribution >= 0.6 is 24.0 Å². The van der Waals surface area contributed by atoms with E-state index in [2.05, 4.69) is 4.90 Å². The van der Waals surface area contributed by atoms with Crippen LogP contribution in [0.2, 0.25) is 5.02 Å². The molecule has 2 aromatic heterocycles. The highest BCUT2D eigenvalue weighted by molar-refractivity contribution is 6.33. The van der Waals surface area contributed by atoms with E-state index in [0.29, 0.717) is 18.2 Å². The Morgan fingerprint density at radius 3 is 2.44 bits per heavy atom. The highest BCUT2D eigenvalue weighted by atomic mass is 35.5. The summed E-state index contributed by atoms with van der Waals surface area (Å²) in [6.45, 7) is 4.76. The summed E-state index contributed by atoms with van der Waals surface area (Å²) in [5.41, 5.74) is 6.01. The van der Waals surface area contributed by atoms with Gasteiger partial charge in [0, 0.05) is 44.1 Å². The number of benzene rings is 1. The molecule has 174 valence electrons. The Kier molecular flexibility index (Phi) is 8.22. The Morgan fingerprint density at radius 1 is 1.09 bits per heavy atom. The average molecular weight is 481 g/mol. The summed E-state index contributed by atoms with van der Waals surface area (Å²) in [5.74, 6) is 1.81. The zero-order chi connectivity index (χ0) is 22.0. The minimum absolute atomic E-state index is 0. The summed E-state index contributed by atoms with van der Waals surface area (Å²) in [6.07, 6.45) is 3.07. The molecular weight excluding hydrogens is 451 g/mol. The molecule has 0 atom stereocenters. The number of fused-ring (bicyclic) bond motifs is 2. The molecule has 0 fully saturated rings. The molecular formula is C23H30Cl2N4O3. The first-order chi connectivity index (χ1) is 15.1. The van der Waals surface area contributed by atoms with E-state index in [0.717, 1.165) is 72.1 Å². The van der Waals surface area contributed by atoms with E-state index < -0.39 is 0 Å². The summed E-state index contributed by atoms with van der Waals surface area (Å²) in [4.78, 5) is 7.36. The first-order valence-electron chi connectivity index (χ1n) is 10.6. The SMILES string of the molecule is COCCN(CCOC)c1c2c(nc3c(-c4ccc(OC)cc4Cl)c(C)nn13)CCC2.Cl. The molecule has 0 spiro atoms. The lowest BCUT2D eigenvalue weighted by Gasteiger charge is -2.27. The van der Waals surface area contributed by atoms with Gasteiger partial charge in [-0.2, -0.15) is 9.61 Å². The van der Waals surface area contributed by atoms with E-state index in [-0.39, 0.29) is 12.4 Å². The highest BCUT2D eigenvalue weighted by Gasteiger charge is 2.27. The van der Waals surface area contributed by atoms with E-state index in [1.54, 1.807) is 21.3 Å². The number of ether oxygens (including phenoxy) is 3. The molecule has 0 saturated carbocycles. The van der Waals surface area contributed by atoms with Crippen molar-refractivity contribution in [2.75, 3.05) is 52.5 Å². The van der Waals surface area contributed by atoms with Crippen molar-refractivity contribution in [3.05, 3.63) is 40.2 Å². The molecule has 0 radical (unpaired) electrons. The van der Waals surface area contributed by atoms with Crippen LogP contribution in [0.4, 0.5) is 5.82 Å². The molecule has 1 aliphatic rings. The zero-order valence-electron chi connectivity index (χ0n) is 19.0. The molecule has 9 heteroatoms. The lowest BCUT2D eigenvalue weighted by Crippen LogP contribution is -2.33. The predicted molar refractivity (Wildman–Crippen MR) is 130 cm³/mol. The maximum Gasteiger partial charge on any atom is 0.165 e. The fourth-order valence-corrected chi connectivity index (χ4v) is 4.57. The van der Waals surface area contributed by atoms with Crippen molar-refractivity contribution in [1.29, 1.82) is 0 Å². The van der Waals surface area contributed by atoms with E-state index in [1.807, 2.05) is 29.6 Å². The zero-order valence-corrected chi connectivity index (χ0v) is 20.6. The van der Waals surface area contributed by atoms with Gasteiger partial charge in [-0.3, -0.25) is 0 Å².